The van der Waals surface area contributed by atoms with E-state index in [4.69, 9.17) is 4.74 Å². The summed E-state index contributed by atoms with van der Waals surface area (Å²) >= 11 is 0. The van der Waals surface area contributed by atoms with E-state index in [1.165, 1.54) is 0 Å². The fourth-order valence-electron chi connectivity index (χ4n) is 3.89. The maximum atomic E-state index is 13.1. The quantitative estimate of drug-likeness (QED) is 0.168. The van der Waals surface area contributed by atoms with E-state index in [9.17, 15) is 19.5 Å². The molecule has 1 aliphatic heterocycles. The van der Waals surface area contributed by atoms with Crippen LogP contribution in [0.5, 0.6) is 0 Å². The molecule has 0 unspecified atom stereocenters. The number of benzene rings is 2. The van der Waals surface area contributed by atoms with Gasteiger partial charge in [-0.3, -0.25) is 20.2 Å². The normalized spacial score (nSPS) is 14.2. The zero-order valence-corrected chi connectivity index (χ0v) is 20.1. The van der Waals surface area contributed by atoms with E-state index >= 15 is 0 Å². The van der Waals surface area contributed by atoms with Gasteiger partial charge in [-0.25, -0.2) is 9.59 Å². The lowest BCUT2D eigenvalue weighted by Gasteiger charge is -2.31. The van der Waals surface area contributed by atoms with E-state index in [0.29, 0.717) is 37.3 Å². The van der Waals surface area contributed by atoms with Crippen molar-refractivity contribution in [2.45, 2.75) is 31.5 Å². The molecule has 1 aromatic heterocycles. The van der Waals surface area contributed by atoms with Gasteiger partial charge in [0, 0.05) is 30.5 Å². The number of nitrogens with zero attached hydrogens (tertiary/aromatic N) is 2. The lowest BCUT2D eigenvalue weighted by Crippen LogP contribution is -2.65. The summed E-state index contributed by atoms with van der Waals surface area (Å²) in [7, 11) is 0. The molecule has 12 heteroatoms. The van der Waals surface area contributed by atoms with Crippen LogP contribution in [0.15, 0.2) is 59.7 Å². The Kier molecular flexibility index (Phi) is 8.18. The number of carboxylic acids is 1. The van der Waals surface area contributed by atoms with E-state index in [1.54, 1.807) is 48.7 Å². The second kappa shape index (κ2) is 11.9. The van der Waals surface area contributed by atoms with E-state index in [0.717, 1.165) is 17.6 Å². The van der Waals surface area contributed by atoms with Gasteiger partial charge in [0.2, 0.25) is 5.66 Å². The highest BCUT2D eigenvalue weighted by molar-refractivity contribution is 6.01. The number of alkyl carbamates (subject to hydrolysis) is 1. The fraction of sp³-hybridized carbons (Fsp3) is 0.320. The Hall–Kier alpha value is -4.61. The van der Waals surface area contributed by atoms with Gasteiger partial charge in [-0.1, -0.05) is 30.3 Å². The van der Waals surface area contributed by atoms with Crippen LogP contribution in [0.25, 0.3) is 10.9 Å². The van der Waals surface area contributed by atoms with Crippen molar-refractivity contribution in [3.63, 3.8) is 0 Å². The van der Waals surface area contributed by atoms with Crippen LogP contribution >= 0.6 is 0 Å². The average molecular weight is 508 g/mol. The first-order chi connectivity index (χ1) is 17.9. The van der Waals surface area contributed by atoms with Gasteiger partial charge in [0.1, 0.15) is 6.61 Å². The molecule has 0 spiro atoms. The number of carbonyl (C=O) groups is 3. The van der Waals surface area contributed by atoms with Crippen LogP contribution in [0.4, 0.5) is 4.79 Å². The maximum absolute atomic E-state index is 13.1. The van der Waals surface area contributed by atoms with Gasteiger partial charge < -0.3 is 25.8 Å². The molecule has 0 fully saturated rings. The van der Waals surface area contributed by atoms with Crippen LogP contribution in [0.1, 0.15) is 35.2 Å². The molecule has 2 amide bonds. The second-order valence-electron chi connectivity index (χ2n) is 8.56. The van der Waals surface area contributed by atoms with Crippen LogP contribution in [-0.2, 0) is 16.1 Å². The first-order valence-electron chi connectivity index (χ1n) is 12.0. The number of H-pyrrole nitrogens is 1. The molecule has 2 aromatic carbocycles. The number of unbranched alkanes of at least 4 members (excludes halogenated alkanes) is 1. The molecule has 0 radical (unpaired) electrons. The minimum Gasteiger partial charge on any atom is -0.478 e. The smallest absolute Gasteiger partial charge is 0.409 e. The fourth-order valence-corrected chi connectivity index (χ4v) is 3.89. The molecule has 12 nitrogen and oxygen atoms in total. The highest BCUT2D eigenvalue weighted by Crippen LogP contribution is 2.17. The number of hydrogen-bond acceptors (Lipinski definition) is 8. The lowest BCUT2D eigenvalue weighted by atomic mass is 10.0. The maximum Gasteiger partial charge on any atom is 0.409 e. The summed E-state index contributed by atoms with van der Waals surface area (Å²) in [5.74, 6) is -1.36. The molecule has 6 N–H and O–H groups in total. The monoisotopic (exact) mass is 507 g/mol. The Morgan fingerprint density at radius 1 is 1.08 bits per heavy atom. The number of aliphatic carboxylic acids is 1. The molecule has 2 heterocycles. The third-order valence-corrected chi connectivity index (χ3v) is 5.87. The summed E-state index contributed by atoms with van der Waals surface area (Å²) in [6.07, 6.45) is 1.50. The molecule has 0 saturated carbocycles. The van der Waals surface area contributed by atoms with Crippen molar-refractivity contribution in [2.75, 3.05) is 19.6 Å². The number of amides is 2. The Labute approximate surface area is 212 Å². The largest absolute Gasteiger partial charge is 0.478 e. The number of guanidine groups is 1. The predicted octanol–water partition coefficient (Wildman–Crippen LogP) is 1.72. The number of nitrogens with one attached hydrogen (secondary N) is 5. The van der Waals surface area contributed by atoms with Crippen LogP contribution in [0, 0.1) is 0 Å². The predicted molar refractivity (Wildman–Crippen MR) is 136 cm³/mol. The van der Waals surface area contributed by atoms with Gasteiger partial charge in [-0.2, -0.15) is 5.10 Å². The molecule has 0 aliphatic carbocycles. The van der Waals surface area contributed by atoms with Crippen molar-refractivity contribution in [3.05, 3.63) is 65.9 Å². The first kappa shape index (κ1) is 25.5. The minimum atomic E-state index is -2.08. The van der Waals surface area contributed by atoms with Crippen LogP contribution in [-0.4, -0.2) is 64.5 Å². The number of rotatable bonds is 11. The SMILES string of the molecule is O=C(N[C@](CCCCNC1=NCCN1)(NC(=O)c1ccc2[nH]ncc2c1)C(=O)O)OCc1ccccc1. The summed E-state index contributed by atoms with van der Waals surface area (Å²) in [5, 5.41) is 28.8. The van der Waals surface area contributed by atoms with Gasteiger partial charge in [0.15, 0.2) is 5.96 Å². The second-order valence-corrected chi connectivity index (χ2v) is 8.56. The molecule has 1 aliphatic rings. The van der Waals surface area contributed by atoms with Crippen molar-refractivity contribution in [1.82, 2.24) is 31.5 Å². The molecular weight excluding hydrogens is 478 g/mol. The van der Waals surface area contributed by atoms with Crippen LogP contribution in [0.2, 0.25) is 0 Å². The van der Waals surface area contributed by atoms with Crippen LogP contribution in [0.3, 0.4) is 0 Å². The zero-order valence-electron chi connectivity index (χ0n) is 20.1. The highest BCUT2D eigenvalue weighted by atomic mass is 16.5. The van der Waals surface area contributed by atoms with Crippen LogP contribution < -0.4 is 21.3 Å². The summed E-state index contributed by atoms with van der Waals surface area (Å²) in [5.41, 5.74) is -0.381. The summed E-state index contributed by atoms with van der Waals surface area (Å²) in [6, 6.07) is 13.8. The molecule has 4 rings (SSSR count). The number of aromatic amines is 1. The standard InChI is InChI=1S/C25H29N7O5/c33-21(18-8-9-20-19(14-18)15-29-32-20)30-25(22(34)35,10-4-5-11-26-23-27-12-13-28-23)31-24(36)37-16-17-6-2-1-3-7-17/h1-3,6-9,14-15H,4-5,10-13,16H2,(H,29,32)(H,30,33)(H,31,36)(H,34,35)(H2,26,27,28)/t25-/m0/s1. The minimum absolute atomic E-state index is 0.0491. The van der Waals surface area contributed by atoms with Gasteiger partial charge in [-0.05, 0) is 36.6 Å². The first-order valence-corrected chi connectivity index (χ1v) is 12.0. The van der Waals surface area contributed by atoms with Crippen molar-refractivity contribution in [2.24, 2.45) is 4.99 Å². The number of carbonyl (C=O) groups excluding carboxylic acids is 2. The summed E-state index contributed by atoms with van der Waals surface area (Å²) in [4.78, 5) is 42.5. The molecule has 1 atom stereocenters. The number of hydrogen-bond donors (Lipinski definition) is 6. The molecular formula is C25H29N7O5. The molecule has 0 saturated heterocycles. The lowest BCUT2D eigenvalue weighted by molar-refractivity contribution is -0.146. The van der Waals surface area contributed by atoms with E-state index < -0.39 is 23.6 Å². The van der Waals surface area contributed by atoms with E-state index in [1.807, 2.05) is 6.07 Å². The third-order valence-electron chi connectivity index (χ3n) is 5.87. The topological polar surface area (TPSA) is 170 Å². The van der Waals surface area contributed by atoms with Gasteiger partial charge in [0.25, 0.3) is 5.91 Å². The average Bonchev–Trinajstić information content (AvgIpc) is 3.59. The summed E-state index contributed by atoms with van der Waals surface area (Å²) < 4.78 is 5.25. The van der Waals surface area contributed by atoms with Crippen molar-refractivity contribution in [1.29, 1.82) is 0 Å². The van der Waals surface area contributed by atoms with Crippen molar-refractivity contribution >= 4 is 34.8 Å². The Balaban J connectivity index is 1.45. The zero-order chi connectivity index (χ0) is 26.1. The molecule has 37 heavy (non-hydrogen) atoms. The molecule has 3 aromatic rings. The number of carboxylic acid groups (broad SMARTS) is 1. The van der Waals surface area contributed by atoms with Crippen molar-refractivity contribution in [3.8, 4) is 0 Å². The summed E-state index contributed by atoms with van der Waals surface area (Å²) in [6.45, 7) is 1.98. The highest BCUT2D eigenvalue weighted by Gasteiger charge is 2.42. The molecule has 0 bridgehead atoms. The number of aliphatic imine (C=N–C) groups is 1. The molecule has 194 valence electrons. The Morgan fingerprint density at radius 2 is 1.92 bits per heavy atom. The number of ether oxygens (including phenoxy) is 1. The Morgan fingerprint density at radius 3 is 2.68 bits per heavy atom. The Bertz CT molecular complexity index is 1280. The van der Waals surface area contributed by atoms with Gasteiger partial charge in [0.05, 0.1) is 18.3 Å². The number of fused-ring (bicyclic) bond motifs is 1. The number of aromatic nitrogens is 2. The van der Waals surface area contributed by atoms with Gasteiger partial charge in [-0.15, -0.1) is 0 Å². The van der Waals surface area contributed by atoms with Crippen molar-refractivity contribution < 1.29 is 24.2 Å². The third kappa shape index (κ3) is 6.75. The van der Waals surface area contributed by atoms with E-state index in [2.05, 4.69) is 36.5 Å². The van der Waals surface area contributed by atoms with E-state index in [-0.39, 0.29) is 18.6 Å². The van der Waals surface area contributed by atoms with Gasteiger partial charge >= 0.3 is 12.1 Å².